The summed E-state index contributed by atoms with van der Waals surface area (Å²) in [6, 6.07) is 0.0948. The first-order valence-electron chi connectivity index (χ1n) is 5.90. The molecule has 6 heteroatoms. The van der Waals surface area contributed by atoms with Gasteiger partial charge in [-0.1, -0.05) is 12.2 Å². The van der Waals surface area contributed by atoms with Crippen LogP contribution < -0.4 is 11.1 Å². The Bertz CT molecular complexity index is 280. The molecule has 0 spiro atoms. The molecule has 1 amide bonds. The summed E-state index contributed by atoms with van der Waals surface area (Å²) in [5, 5.41) is 2.92. The number of amides is 1. The zero-order chi connectivity index (χ0) is 12.8. The Hall–Kier alpha value is -0.720. The standard InChI is InChI=1S/C11H21N3O2S/c1-8(7-14-3-5-16-6-4-14)13-11(15)9(2)10(12)17/h8-9H,3-7H2,1-2H3,(H2,12,17)(H,13,15). The lowest BCUT2D eigenvalue weighted by atomic mass is 10.1. The number of morpholine rings is 1. The smallest absolute Gasteiger partial charge is 0.229 e. The highest BCUT2D eigenvalue weighted by Gasteiger charge is 2.19. The summed E-state index contributed by atoms with van der Waals surface area (Å²) < 4.78 is 5.27. The fourth-order valence-corrected chi connectivity index (χ4v) is 1.82. The van der Waals surface area contributed by atoms with E-state index in [9.17, 15) is 4.79 Å². The lowest BCUT2D eigenvalue weighted by Gasteiger charge is -2.29. The number of carbonyl (C=O) groups is 1. The number of nitrogens with two attached hydrogens (primary N) is 1. The topological polar surface area (TPSA) is 67.6 Å². The zero-order valence-corrected chi connectivity index (χ0v) is 11.3. The fraction of sp³-hybridized carbons (Fsp3) is 0.818. The van der Waals surface area contributed by atoms with E-state index in [1.54, 1.807) is 6.92 Å². The third-order valence-corrected chi connectivity index (χ3v) is 3.20. The van der Waals surface area contributed by atoms with E-state index < -0.39 is 5.92 Å². The number of ether oxygens (including phenoxy) is 1. The lowest BCUT2D eigenvalue weighted by Crippen LogP contribution is -2.48. The minimum Gasteiger partial charge on any atom is -0.393 e. The normalized spacial score (nSPS) is 20.6. The number of nitrogens with one attached hydrogen (secondary N) is 1. The second-order valence-electron chi connectivity index (χ2n) is 4.45. The molecule has 0 radical (unpaired) electrons. The Morgan fingerprint density at radius 1 is 1.47 bits per heavy atom. The zero-order valence-electron chi connectivity index (χ0n) is 10.4. The maximum atomic E-state index is 11.7. The van der Waals surface area contributed by atoms with Gasteiger partial charge < -0.3 is 15.8 Å². The van der Waals surface area contributed by atoms with E-state index in [-0.39, 0.29) is 16.9 Å². The minimum absolute atomic E-state index is 0.0948. The molecule has 1 fully saturated rings. The molecule has 2 atom stereocenters. The van der Waals surface area contributed by atoms with Crippen molar-refractivity contribution in [3.05, 3.63) is 0 Å². The van der Waals surface area contributed by atoms with Crippen LogP contribution >= 0.6 is 12.2 Å². The Kier molecular flexibility index (Phi) is 5.80. The highest BCUT2D eigenvalue weighted by atomic mass is 32.1. The molecule has 0 aliphatic carbocycles. The molecular weight excluding hydrogens is 238 g/mol. The van der Waals surface area contributed by atoms with Crippen molar-refractivity contribution < 1.29 is 9.53 Å². The molecule has 1 rings (SSSR count). The van der Waals surface area contributed by atoms with Crippen LogP contribution in [0.15, 0.2) is 0 Å². The molecule has 0 aromatic rings. The van der Waals surface area contributed by atoms with Crippen molar-refractivity contribution in [1.82, 2.24) is 10.2 Å². The van der Waals surface area contributed by atoms with Gasteiger partial charge in [0.05, 0.1) is 24.1 Å². The maximum absolute atomic E-state index is 11.7. The van der Waals surface area contributed by atoms with Crippen molar-refractivity contribution in [2.45, 2.75) is 19.9 Å². The van der Waals surface area contributed by atoms with Crippen molar-refractivity contribution in [2.24, 2.45) is 11.7 Å². The molecule has 1 heterocycles. The number of hydrogen-bond donors (Lipinski definition) is 2. The Labute approximate surface area is 108 Å². The number of thiocarbonyl (C=S) groups is 1. The second-order valence-corrected chi connectivity index (χ2v) is 4.92. The van der Waals surface area contributed by atoms with Crippen LogP contribution in [0.1, 0.15) is 13.8 Å². The van der Waals surface area contributed by atoms with Crippen LogP contribution in [0.4, 0.5) is 0 Å². The van der Waals surface area contributed by atoms with Crippen LogP contribution in [-0.2, 0) is 9.53 Å². The van der Waals surface area contributed by atoms with Gasteiger partial charge >= 0.3 is 0 Å². The number of nitrogens with zero attached hydrogens (tertiary/aromatic N) is 1. The molecule has 3 N–H and O–H groups in total. The monoisotopic (exact) mass is 259 g/mol. The molecule has 0 saturated carbocycles. The van der Waals surface area contributed by atoms with Gasteiger partial charge in [-0.25, -0.2) is 0 Å². The van der Waals surface area contributed by atoms with Gasteiger partial charge in [-0.2, -0.15) is 0 Å². The first-order chi connectivity index (χ1) is 8.00. The van der Waals surface area contributed by atoms with E-state index in [2.05, 4.69) is 10.2 Å². The molecule has 1 aliphatic rings. The molecule has 5 nitrogen and oxygen atoms in total. The first kappa shape index (κ1) is 14.3. The van der Waals surface area contributed by atoms with E-state index in [1.165, 1.54) is 0 Å². The quantitative estimate of drug-likeness (QED) is 0.666. The van der Waals surface area contributed by atoms with Crippen molar-refractivity contribution in [3.63, 3.8) is 0 Å². The summed E-state index contributed by atoms with van der Waals surface area (Å²) in [5.41, 5.74) is 5.44. The van der Waals surface area contributed by atoms with Gasteiger partial charge in [-0.05, 0) is 13.8 Å². The van der Waals surface area contributed by atoms with Gasteiger partial charge in [-0.15, -0.1) is 0 Å². The minimum atomic E-state index is -0.405. The summed E-state index contributed by atoms with van der Waals surface area (Å²) in [4.78, 5) is 14.2. The van der Waals surface area contributed by atoms with Gasteiger partial charge in [-0.3, -0.25) is 9.69 Å². The van der Waals surface area contributed by atoms with E-state index in [0.29, 0.717) is 0 Å². The Morgan fingerprint density at radius 3 is 2.59 bits per heavy atom. The van der Waals surface area contributed by atoms with Crippen molar-refractivity contribution in [1.29, 1.82) is 0 Å². The van der Waals surface area contributed by atoms with Gasteiger partial charge in [0.25, 0.3) is 0 Å². The Morgan fingerprint density at radius 2 is 2.06 bits per heavy atom. The van der Waals surface area contributed by atoms with Crippen LogP contribution in [0.2, 0.25) is 0 Å². The summed E-state index contributed by atoms with van der Waals surface area (Å²) in [5.74, 6) is -0.504. The van der Waals surface area contributed by atoms with Gasteiger partial charge in [0.1, 0.15) is 0 Å². The van der Waals surface area contributed by atoms with Gasteiger partial charge in [0, 0.05) is 25.7 Å². The average molecular weight is 259 g/mol. The maximum Gasteiger partial charge on any atom is 0.229 e. The van der Waals surface area contributed by atoms with E-state index >= 15 is 0 Å². The molecule has 17 heavy (non-hydrogen) atoms. The molecule has 0 bridgehead atoms. The van der Waals surface area contributed by atoms with Gasteiger partial charge in [0.15, 0.2) is 0 Å². The fourth-order valence-electron chi connectivity index (χ4n) is 1.71. The summed E-state index contributed by atoms with van der Waals surface area (Å²) in [7, 11) is 0. The predicted molar refractivity (Wildman–Crippen MR) is 70.8 cm³/mol. The summed E-state index contributed by atoms with van der Waals surface area (Å²) in [6.07, 6.45) is 0. The number of rotatable bonds is 5. The van der Waals surface area contributed by atoms with Gasteiger partial charge in [0.2, 0.25) is 5.91 Å². The van der Waals surface area contributed by atoms with E-state index in [0.717, 1.165) is 32.8 Å². The summed E-state index contributed by atoms with van der Waals surface area (Å²) >= 11 is 4.80. The SMILES string of the molecule is CC(CN1CCOCC1)NC(=O)C(C)C(N)=S. The third-order valence-electron chi connectivity index (χ3n) is 2.84. The molecule has 0 aromatic carbocycles. The van der Waals surface area contributed by atoms with Crippen molar-refractivity contribution in [3.8, 4) is 0 Å². The Balaban J connectivity index is 2.30. The first-order valence-corrected chi connectivity index (χ1v) is 6.31. The molecule has 98 valence electrons. The van der Waals surface area contributed by atoms with Crippen LogP contribution in [0.25, 0.3) is 0 Å². The number of carbonyl (C=O) groups excluding carboxylic acids is 1. The van der Waals surface area contributed by atoms with Crippen molar-refractivity contribution >= 4 is 23.1 Å². The molecule has 1 saturated heterocycles. The second kappa shape index (κ2) is 6.88. The van der Waals surface area contributed by atoms with Crippen LogP contribution in [0.3, 0.4) is 0 Å². The van der Waals surface area contributed by atoms with Crippen LogP contribution in [-0.4, -0.2) is 54.7 Å². The highest BCUT2D eigenvalue weighted by molar-refractivity contribution is 7.80. The van der Waals surface area contributed by atoms with E-state index in [4.69, 9.17) is 22.7 Å². The largest absolute Gasteiger partial charge is 0.393 e. The average Bonchev–Trinajstić information content (AvgIpc) is 2.28. The number of hydrogen-bond acceptors (Lipinski definition) is 4. The third kappa shape index (κ3) is 4.97. The van der Waals surface area contributed by atoms with E-state index in [1.807, 2.05) is 6.92 Å². The molecular formula is C11H21N3O2S. The highest BCUT2D eigenvalue weighted by Crippen LogP contribution is 2.00. The predicted octanol–water partition coefficient (Wildman–Crippen LogP) is -0.254. The molecule has 1 aliphatic heterocycles. The molecule has 0 aromatic heterocycles. The van der Waals surface area contributed by atoms with Crippen LogP contribution in [0, 0.1) is 5.92 Å². The lowest BCUT2D eigenvalue weighted by molar-refractivity contribution is -0.123. The molecule has 2 unspecified atom stereocenters. The van der Waals surface area contributed by atoms with Crippen molar-refractivity contribution in [2.75, 3.05) is 32.8 Å². The van der Waals surface area contributed by atoms with Crippen LogP contribution in [0.5, 0.6) is 0 Å². The summed E-state index contributed by atoms with van der Waals surface area (Å²) in [6.45, 7) is 7.92.